The third-order valence-corrected chi connectivity index (χ3v) is 2.05. The number of carbonyl (C=O) groups excluding carboxylic acids is 2. The van der Waals surface area contributed by atoms with E-state index in [1.54, 1.807) is 0 Å². The Morgan fingerprint density at radius 2 is 1.84 bits per heavy atom. The summed E-state index contributed by atoms with van der Waals surface area (Å²) in [5.41, 5.74) is -3.55. The van der Waals surface area contributed by atoms with Gasteiger partial charge in [0.25, 0.3) is 0 Å². The summed E-state index contributed by atoms with van der Waals surface area (Å²) in [6, 6.07) is 0. The van der Waals surface area contributed by atoms with Crippen LogP contribution in [-0.2, 0) is 19.1 Å². The number of esters is 1. The summed E-state index contributed by atoms with van der Waals surface area (Å²) in [7, 11) is 0. The Bertz CT molecular complexity index is 335. The molecule has 0 radical (unpaired) electrons. The molecular weight excluding hydrogens is 291 g/mol. The van der Waals surface area contributed by atoms with Crippen LogP contribution in [0.4, 0.5) is 13.2 Å². The summed E-state index contributed by atoms with van der Waals surface area (Å²) >= 11 is 5.14. The van der Waals surface area contributed by atoms with Gasteiger partial charge in [-0.05, 0) is 20.8 Å². The van der Waals surface area contributed by atoms with Crippen LogP contribution in [0.25, 0.3) is 0 Å². The Balaban J connectivity index is 5.58. The van der Waals surface area contributed by atoms with Crippen LogP contribution >= 0.6 is 11.6 Å². The largest absolute Gasteiger partial charge is 0.462 e. The normalized spacial score (nSPS) is 14.9. The molecule has 1 unspecified atom stereocenters. The Labute approximate surface area is 113 Å². The monoisotopic (exact) mass is 305 g/mol. The zero-order chi connectivity index (χ0) is 15.3. The van der Waals surface area contributed by atoms with Crippen molar-refractivity contribution in [1.82, 2.24) is 5.32 Å². The van der Waals surface area contributed by atoms with Gasteiger partial charge in [-0.15, -0.1) is 11.6 Å². The maximum Gasteiger partial charge on any atom is 0.448 e. The van der Waals surface area contributed by atoms with Gasteiger partial charge in [-0.2, -0.15) is 13.2 Å². The van der Waals surface area contributed by atoms with Crippen molar-refractivity contribution in [3.63, 3.8) is 0 Å². The standard InChI is InChI=1S/C10H15ClF3NO4/c1-4-18-8(17)9(10(12,13)14,19-6(2)3)15-7(16)5-11/h6H,4-5H2,1-3H3,(H,15,16). The maximum absolute atomic E-state index is 13.1. The van der Waals surface area contributed by atoms with Gasteiger partial charge < -0.3 is 14.8 Å². The van der Waals surface area contributed by atoms with Crippen LogP contribution in [0.5, 0.6) is 0 Å². The number of alkyl halides is 4. The fourth-order valence-electron chi connectivity index (χ4n) is 1.20. The fourth-order valence-corrected chi connectivity index (χ4v) is 1.26. The first-order valence-corrected chi connectivity index (χ1v) is 5.92. The summed E-state index contributed by atoms with van der Waals surface area (Å²) in [6.45, 7) is 3.60. The molecule has 0 aliphatic heterocycles. The number of hydrogen-bond acceptors (Lipinski definition) is 4. The van der Waals surface area contributed by atoms with E-state index in [-0.39, 0.29) is 6.61 Å². The van der Waals surface area contributed by atoms with Crippen LogP contribution in [0, 0.1) is 0 Å². The third kappa shape index (κ3) is 4.54. The lowest BCUT2D eigenvalue weighted by atomic mass is 10.2. The van der Waals surface area contributed by atoms with Gasteiger partial charge in [0.15, 0.2) is 0 Å². The van der Waals surface area contributed by atoms with Gasteiger partial charge in [-0.3, -0.25) is 4.79 Å². The van der Waals surface area contributed by atoms with Crippen LogP contribution in [0.1, 0.15) is 20.8 Å². The first-order chi connectivity index (χ1) is 8.60. The number of halogens is 4. The SMILES string of the molecule is CCOC(=O)C(NC(=O)CCl)(OC(C)C)C(F)(F)F. The van der Waals surface area contributed by atoms with Crippen molar-refractivity contribution < 1.29 is 32.2 Å². The van der Waals surface area contributed by atoms with Gasteiger partial charge in [0.2, 0.25) is 5.91 Å². The molecule has 9 heteroatoms. The molecule has 0 saturated carbocycles. The lowest BCUT2D eigenvalue weighted by Gasteiger charge is -2.34. The second-order valence-corrected chi connectivity index (χ2v) is 4.02. The molecule has 1 amide bonds. The van der Waals surface area contributed by atoms with E-state index in [2.05, 4.69) is 9.47 Å². The molecule has 0 bridgehead atoms. The van der Waals surface area contributed by atoms with Crippen molar-refractivity contribution in [2.24, 2.45) is 0 Å². The highest BCUT2D eigenvalue weighted by atomic mass is 35.5. The maximum atomic E-state index is 13.1. The van der Waals surface area contributed by atoms with Gasteiger partial charge in [0.1, 0.15) is 5.88 Å². The minimum Gasteiger partial charge on any atom is -0.462 e. The summed E-state index contributed by atoms with van der Waals surface area (Å²) < 4.78 is 48.3. The third-order valence-electron chi connectivity index (χ3n) is 1.81. The average Bonchev–Trinajstić information content (AvgIpc) is 2.25. The lowest BCUT2D eigenvalue weighted by Crippen LogP contribution is -2.67. The number of ether oxygens (including phenoxy) is 2. The van der Waals surface area contributed by atoms with Gasteiger partial charge in [0.05, 0.1) is 12.7 Å². The highest BCUT2D eigenvalue weighted by Crippen LogP contribution is 2.34. The topological polar surface area (TPSA) is 64.6 Å². The van der Waals surface area contributed by atoms with E-state index in [0.29, 0.717) is 0 Å². The second kappa shape index (κ2) is 6.95. The summed E-state index contributed by atoms with van der Waals surface area (Å²) in [5, 5.41) is 1.44. The predicted molar refractivity (Wildman–Crippen MR) is 60.5 cm³/mol. The molecule has 5 nitrogen and oxygen atoms in total. The van der Waals surface area contributed by atoms with Gasteiger partial charge in [-0.25, -0.2) is 4.79 Å². The van der Waals surface area contributed by atoms with Crippen molar-refractivity contribution in [3.8, 4) is 0 Å². The van der Waals surface area contributed by atoms with Gasteiger partial charge in [-0.1, -0.05) is 0 Å². The highest BCUT2D eigenvalue weighted by Gasteiger charge is 2.65. The first kappa shape index (κ1) is 18.0. The lowest BCUT2D eigenvalue weighted by molar-refractivity contribution is -0.294. The molecule has 0 heterocycles. The number of carbonyl (C=O) groups is 2. The van der Waals surface area contributed by atoms with Gasteiger partial charge >= 0.3 is 17.9 Å². The van der Waals surface area contributed by atoms with E-state index in [0.717, 1.165) is 0 Å². The van der Waals surface area contributed by atoms with E-state index in [4.69, 9.17) is 11.6 Å². The molecule has 0 fully saturated rings. The van der Waals surface area contributed by atoms with E-state index >= 15 is 0 Å². The van der Waals surface area contributed by atoms with Crippen molar-refractivity contribution in [2.45, 2.75) is 38.8 Å². The number of amides is 1. The van der Waals surface area contributed by atoms with E-state index in [1.165, 1.54) is 26.1 Å². The van der Waals surface area contributed by atoms with Crippen molar-refractivity contribution in [3.05, 3.63) is 0 Å². The van der Waals surface area contributed by atoms with E-state index in [1.807, 2.05) is 0 Å². The molecule has 1 atom stereocenters. The quantitative estimate of drug-likeness (QED) is 0.460. The van der Waals surface area contributed by atoms with Gasteiger partial charge in [0, 0.05) is 0 Å². The molecule has 0 aliphatic rings. The molecule has 0 aliphatic carbocycles. The molecule has 0 rings (SSSR count). The van der Waals surface area contributed by atoms with Crippen molar-refractivity contribution >= 4 is 23.5 Å². The summed E-state index contributed by atoms with van der Waals surface area (Å²) in [4.78, 5) is 22.7. The molecule has 19 heavy (non-hydrogen) atoms. The Hall–Kier alpha value is -1.02. The molecule has 0 aromatic carbocycles. The molecular formula is C10H15ClF3NO4. The Morgan fingerprint density at radius 1 is 1.32 bits per heavy atom. The fraction of sp³-hybridized carbons (Fsp3) is 0.800. The Kier molecular flexibility index (Phi) is 6.58. The van der Waals surface area contributed by atoms with Crippen molar-refractivity contribution in [1.29, 1.82) is 0 Å². The smallest absolute Gasteiger partial charge is 0.448 e. The van der Waals surface area contributed by atoms with E-state index in [9.17, 15) is 22.8 Å². The van der Waals surface area contributed by atoms with Crippen molar-refractivity contribution in [2.75, 3.05) is 12.5 Å². The van der Waals surface area contributed by atoms with Crippen LogP contribution in [0.3, 0.4) is 0 Å². The highest BCUT2D eigenvalue weighted by molar-refractivity contribution is 6.27. The van der Waals surface area contributed by atoms with E-state index < -0.39 is 35.8 Å². The molecule has 0 aromatic rings. The summed E-state index contributed by atoms with van der Waals surface area (Å²) in [6.07, 6.45) is -6.17. The van der Waals surface area contributed by atoms with Crippen LogP contribution in [-0.4, -0.2) is 42.4 Å². The minimum absolute atomic E-state index is 0.297. The second-order valence-electron chi connectivity index (χ2n) is 3.75. The average molecular weight is 306 g/mol. The minimum atomic E-state index is -5.19. The summed E-state index contributed by atoms with van der Waals surface area (Å²) in [5.74, 6) is -3.69. The first-order valence-electron chi connectivity index (χ1n) is 5.39. The zero-order valence-corrected chi connectivity index (χ0v) is 11.4. The predicted octanol–water partition coefficient (Wildman–Crippen LogP) is 1.59. The molecule has 112 valence electrons. The molecule has 0 aromatic heterocycles. The van der Waals surface area contributed by atoms with Crippen LogP contribution < -0.4 is 5.32 Å². The number of nitrogens with one attached hydrogen (secondary N) is 1. The molecule has 0 spiro atoms. The van der Waals surface area contributed by atoms with Crippen LogP contribution in [0.15, 0.2) is 0 Å². The molecule has 1 N–H and O–H groups in total. The number of rotatable bonds is 6. The Morgan fingerprint density at radius 3 is 2.16 bits per heavy atom. The van der Waals surface area contributed by atoms with Crippen LogP contribution in [0.2, 0.25) is 0 Å². The zero-order valence-electron chi connectivity index (χ0n) is 10.6. The molecule has 0 saturated heterocycles. The number of hydrogen-bond donors (Lipinski definition) is 1.